The Hall–Kier alpha value is -1.15. The summed E-state index contributed by atoms with van der Waals surface area (Å²) in [6.45, 7) is 3.55. The van der Waals surface area contributed by atoms with Crippen LogP contribution in [0.1, 0.15) is 457 Å². The van der Waals surface area contributed by atoms with Crippen LogP contribution in [-0.4, -0.2) is 110 Å². The van der Waals surface area contributed by atoms with Crippen LogP contribution in [0.4, 0.5) is 0 Å². The summed E-state index contributed by atoms with van der Waals surface area (Å²) in [6.07, 6.45) is 83.5. The van der Waals surface area contributed by atoms with Gasteiger partial charge < -0.3 is 50.5 Å². The molecule has 9 unspecified atom stereocenters. The highest BCUT2D eigenvalue weighted by Gasteiger charge is 2.44. The van der Waals surface area contributed by atoms with Crippen LogP contribution in [0.15, 0.2) is 12.2 Å². The van der Waals surface area contributed by atoms with Gasteiger partial charge in [-0.05, 0) is 38.5 Å². The highest BCUT2D eigenvalue weighted by molar-refractivity contribution is 5.80. The fourth-order valence-corrected chi connectivity index (χ4v) is 14.5. The Kier molecular flexibility index (Phi) is 71.2. The Balaban J connectivity index is 2.09. The smallest absolute Gasteiger partial charge is 0.249 e. The number of amides is 1. The average Bonchev–Trinajstić information content (AvgIpc) is 0.847. The fourth-order valence-electron chi connectivity index (χ4n) is 14.5. The lowest BCUT2D eigenvalue weighted by Crippen LogP contribution is -2.60. The van der Waals surface area contributed by atoms with Gasteiger partial charge in [0.25, 0.3) is 0 Å². The van der Waals surface area contributed by atoms with Gasteiger partial charge in [-0.2, -0.15) is 0 Å². The number of carbonyl (C=O) groups excluding carboxylic acids is 1. The van der Waals surface area contributed by atoms with E-state index in [1.807, 2.05) is 0 Å². The van der Waals surface area contributed by atoms with Crippen molar-refractivity contribution in [2.45, 2.75) is 512 Å². The number of hydrogen-bond acceptors (Lipinski definition) is 10. The number of carbonyl (C=O) groups is 1. The summed E-state index contributed by atoms with van der Waals surface area (Å²) in [6, 6.07) is -1.17. The van der Waals surface area contributed by atoms with E-state index in [0.29, 0.717) is 19.3 Å². The van der Waals surface area contributed by atoms with Crippen molar-refractivity contribution < 1.29 is 50.0 Å². The second-order valence-electron chi connectivity index (χ2n) is 30.6. The molecule has 0 aliphatic carbocycles. The predicted octanol–water partition coefficient (Wildman–Crippen LogP) is 22.9. The van der Waals surface area contributed by atoms with Gasteiger partial charge in [-0.3, -0.25) is 4.79 Å². The molecule has 1 heterocycles. The van der Waals surface area contributed by atoms with E-state index in [4.69, 9.17) is 9.47 Å². The molecule has 11 heteroatoms. The van der Waals surface area contributed by atoms with E-state index in [-0.39, 0.29) is 6.42 Å². The summed E-state index contributed by atoms with van der Waals surface area (Å²) in [4.78, 5) is 13.3. The van der Waals surface area contributed by atoms with Gasteiger partial charge >= 0.3 is 0 Å². The summed E-state index contributed by atoms with van der Waals surface area (Å²) in [5.41, 5.74) is 0. The minimum Gasteiger partial charge on any atom is -0.394 e. The Labute approximate surface area is 595 Å². The van der Waals surface area contributed by atoms with Crippen molar-refractivity contribution in [2.75, 3.05) is 13.2 Å². The fraction of sp³-hybridized carbons (Fsp3) is 0.965. The van der Waals surface area contributed by atoms with Crippen LogP contribution in [0, 0.1) is 0 Å². The SMILES string of the molecule is CCCCCCCCCCCCCCCCCCCC/C=C\CCCCCCCCCCCCCCCCCCC(O)C(=O)NC(COC1OC(CO)C(O)C(O)C1O)C(O)C(O)CCCCCCCCCCCCCCCCCCCCCCCCCCCCCCCCC. The van der Waals surface area contributed by atoms with E-state index in [2.05, 4.69) is 31.3 Å². The minimum absolute atomic E-state index is 0.265. The molecule has 1 rings (SSSR count). The largest absolute Gasteiger partial charge is 0.394 e. The molecular formula is C85H167NO10. The molecule has 1 aliphatic heterocycles. The van der Waals surface area contributed by atoms with Crippen molar-refractivity contribution in [1.29, 1.82) is 0 Å². The van der Waals surface area contributed by atoms with Crippen LogP contribution >= 0.6 is 0 Å². The lowest BCUT2D eigenvalue weighted by molar-refractivity contribution is -0.303. The molecule has 0 bridgehead atoms. The molecule has 0 saturated carbocycles. The van der Waals surface area contributed by atoms with Crippen LogP contribution in [0.2, 0.25) is 0 Å². The number of aliphatic hydroxyl groups is 7. The molecule has 8 N–H and O–H groups in total. The highest BCUT2D eigenvalue weighted by Crippen LogP contribution is 2.25. The molecule has 1 aliphatic rings. The molecular weight excluding hydrogens is 1190 g/mol. The summed E-state index contributed by atoms with van der Waals surface area (Å²) >= 11 is 0. The lowest BCUT2D eigenvalue weighted by Gasteiger charge is -2.40. The van der Waals surface area contributed by atoms with E-state index in [1.54, 1.807) is 0 Å². The Morgan fingerprint density at radius 1 is 0.354 bits per heavy atom. The minimum atomic E-state index is -1.66. The number of ether oxygens (including phenoxy) is 2. The van der Waals surface area contributed by atoms with Gasteiger partial charge in [-0.15, -0.1) is 0 Å². The van der Waals surface area contributed by atoms with Crippen LogP contribution in [-0.2, 0) is 14.3 Å². The summed E-state index contributed by atoms with van der Waals surface area (Å²) in [7, 11) is 0. The summed E-state index contributed by atoms with van der Waals surface area (Å²) < 4.78 is 11.2. The van der Waals surface area contributed by atoms with Crippen LogP contribution in [0.25, 0.3) is 0 Å². The third kappa shape index (κ3) is 59.4. The third-order valence-electron chi connectivity index (χ3n) is 21.3. The van der Waals surface area contributed by atoms with E-state index < -0.39 is 74.2 Å². The monoisotopic (exact) mass is 1360 g/mol. The van der Waals surface area contributed by atoms with Gasteiger partial charge in [0.15, 0.2) is 6.29 Å². The zero-order chi connectivity index (χ0) is 69.5. The van der Waals surface area contributed by atoms with Crippen LogP contribution in [0.3, 0.4) is 0 Å². The molecule has 96 heavy (non-hydrogen) atoms. The summed E-state index contributed by atoms with van der Waals surface area (Å²) in [5, 5.41) is 76.9. The molecule has 1 amide bonds. The second kappa shape index (κ2) is 73.6. The van der Waals surface area contributed by atoms with Crippen molar-refractivity contribution in [3.63, 3.8) is 0 Å². The van der Waals surface area contributed by atoms with Crippen LogP contribution in [0.5, 0.6) is 0 Å². The predicted molar refractivity (Wildman–Crippen MR) is 409 cm³/mol. The Bertz CT molecular complexity index is 1570. The molecule has 572 valence electrons. The van der Waals surface area contributed by atoms with E-state index in [9.17, 15) is 40.5 Å². The van der Waals surface area contributed by atoms with Crippen molar-refractivity contribution in [1.82, 2.24) is 5.32 Å². The first-order chi connectivity index (χ1) is 47.2. The molecule has 1 fully saturated rings. The third-order valence-corrected chi connectivity index (χ3v) is 21.3. The van der Waals surface area contributed by atoms with Gasteiger partial charge in [0.1, 0.15) is 36.6 Å². The van der Waals surface area contributed by atoms with Gasteiger partial charge in [0, 0.05) is 0 Å². The van der Waals surface area contributed by atoms with Gasteiger partial charge in [-0.1, -0.05) is 431 Å². The standard InChI is InChI=1S/C85H167NO10/c1-3-5-7-9-11-13-15-17-19-21-23-25-27-29-31-33-35-36-37-38-39-40-41-43-45-47-49-51-53-55-57-59-61-63-65-67-69-71-73-78(89)84(94)86-76(75-95-85-83(93)82(92)81(91)79(74-87)96-85)80(90)77(88)72-70-68-66-64-62-60-58-56-54-52-50-48-46-44-42-34-32-30-28-26-24-22-20-18-16-14-12-10-8-6-4-2/h38-39,76-83,85,87-93H,3-37,40-75H2,1-2H3,(H,86,94)/b39-38-. The normalized spacial score (nSPS) is 18.0. The zero-order valence-electron chi connectivity index (χ0n) is 63.9. The number of allylic oxidation sites excluding steroid dienone is 2. The highest BCUT2D eigenvalue weighted by atomic mass is 16.7. The lowest BCUT2D eigenvalue weighted by atomic mass is 9.98. The van der Waals surface area contributed by atoms with Gasteiger partial charge in [-0.25, -0.2) is 0 Å². The van der Waals surface area contributed by atoms with Crippen LogP contribution < -0.4 is 5.32 Å². The van der Waals surface area contributed by atoms with Crippen molar-refractivity contribution >= 4 is 5.91 Å². The van der Waals surface area contributed by atoms with Crippen molar-refractivity contribution in [3.05, 3.63) is 12.2 Å². The number of nitrogens with one attached hydrogen (secondary N) is 1. The van der Waals surface area contributed by atoms with Crippen molar-refractivity contribution in [2.24, 2.45) is 0 Å². The molecule has 11 nitrogen and oxygen atoms in total. The average molecular weight is 1360 g/mol. The Morgan fingerprint density at radius 3 is 0.875 bits per heavy atom. The van der Waals surface area contributed by atoms with E-state index in [0.717, 1.165) is 38.5 Å². The topological polar surface area (TPSA) is 189 Å². The first-order valence-electron chi connectivity index (χ1n) is 43.1. The maximum Gasteiger partial charge on any atom is 0.249 e. The number of rotatable bonds is 78. The first kappa shape index (κ1) is 92.9. The molecule has 0 spiro atoms. The maximum absolute atomic E-state index is 13.3. The quantitative estimate of drug-likeness (QED) is 0.0215. The second-order valence-corrected chi connectivity index (χ2v) is 30.6. The number of hydrogen-bond donors (Lipinski definition) is 8. The molecule has 0 aromatic carbocycles. The van der Waals surface area contributed by atoms with E-state index >= 15 is 0 Å². The summed E-state index contributed by atoms with van der Waals surface area (Å²) in [5.74, 6) is -0.686. The molecule has 9 atom stereocenters. The zero-order valence-corrected chi connectivity index (χ0v) is 63.9. The van der Waals surface area contributed by atoms with Gasteiger partial charge in [0.05, 0.1) is 25.4 Å². The molecule has 0 aromatic rings. The van der Waals surface area contributed by atoms with Crippen molar-refractivity contribution in [3.8, 4) is 0 Å². The first-order valence-corrected chi connectivity index (χ1v) is 43.1. The number of unbranched alkanes of at least 4 members (excludes halogenated alkanes) is 64. The number of aliphatic hydroxyl groups excluding tert-OH is 7. The maximum atomic E-state index is 13.3. The molecule has 0 radical (unpaired) electrons. The Morgan fingerprint density at radius 2 is 0.604 bits per heavy atom. The van der Waals surface area contributed by atoms with E-state index in [1.165, 1.54) is 379 Å². The molecule has 0 aromatic heterocycles. The van der Waals surface area contributed by atoms with Gasteiger partial charge in [0.2, 0.25) is 5.91 Å². The molecule has 1 saturated heterocycles.